The van der Waals surface area contributed by atoms with Gasteiger partial charge in [0.05, 0.1) is 4.90 Å². The Kier molecular flexibility index (Phi) is 6.05. The van der Waals surface area contributed by atoms with Crippen molar-refractivity contribution in [3.63, 3.8) is 0 Å². The Morgan fingerprint density at radius 1 is 1.23 bits per heavy atom. The van der Waals surface area contributed by atoms with E-state index in [9.17, 15) is 21.6 Å². The van der Waals surface area contributed by atoms with E-state index < -0.39 is 32.0 Å². The van der Waals surface area contributed by atoms with Crippen LogP contribution in [0.5, 0.6) is 0 Å². The van der Waals surface area contributed by atoms with Crippen molar-refractivity contribution in [2.24, 2.45) is 0 Å². The Balaban J connectivity index is 1.86. The van der Waals surface area contributed by atoms with Gasteiger partial charge in [-0.3, -0.25) is 4.79 Å². The van der Waals surface area contributed by atoms with Gasteiger partial charge in [-0.1, -0.05) is 11.2 Å². The lowest BCUT2D eigenvalue weighted by atomic mass is 10.2. The number of aryl methyl sites for hydroxylation is 2. The van der Waals surface area contributed by atoms with Gasteiger partial charge in [-0.05, 0) is 44.9 Å². The first-order valence-electron chi connectivity index (χ1n) is 9.24. The zero-order valence-electron chi connectivity index (χ0n) is 17.1. The molecular weight excluding hydrogens is 432 g/mol. The topological polar surface area (TPSA) is 130 Å². The molecule has 1 aromatic carbocycles. The quantitative estimate of drug-likeness (QED) is 0.694. The number of nitrogens with zero attached hydrogens (tertiary/aromatic N) is 3. The van der Waals surface area contributed by atoms with Crippen LogP contribution in [0.15, 0.2) is 38.6 Å². The lowest BCUT2D eigenvalue weighted by Crippen LogP contribution is -2.43. The fourth-order valence-electron chi connectivity index (χ4n) is 3.42. The maximum Gasteiger partial charge on any atom is 0.249 e. The largest absolute Gasteiger partial charge is 0.360 e. The van der Waals surface area contributed by atoms with Gasteiger partial charge >= 0.3 is 0 Å². The molecule has 1 atom stereocenters. The average Bonchev–Trinajstić information content (AvgIpc) is 3.29. The van der Waals surface area contributed by atoms with Crippen LogP contribution in [0.3, 0.4) is 0 Å². The summed E-state index contributed by atoms with van der Waals surface area (Å²) in [5.41, 5.74) is 0.504. The van der Waals surface area contributed by atoms with E-state index in [1.54, 1.807) is 6.07 Å². The first-order chi connectivity index (χ1) is 14.0. The molecule has 1 N–H and O–H groups in total. The molecule has 0 bridgehead atoms. The van der Waals surface area contributed by atoms with Gasteiger partial charge < -0.3 is 9.84 Å². The van der Waals surface area contributed by atoms with E-state index >= 15 is 0 Å². The number of rotatable bonds is 6. The molecule has 1 aliphatic rings. The smallest absolute Gasteiger partial charge is 0.249 e. The standard InChI is InChI=1S/C18H24N4O6S2/c1-12-17(13(2)28-20-12)30(26,27)22-10-6-9-16(22)18(23)19-14-7-5-8-15(11-14)29(24,25)21(3)4/h5,7-8,11,16H,6,9-10H2,1-4H3,(H,19,23)/t16-/m0/s1. The van der Waals surface area contributed by atoms with E-state index in [1.807, 2.05) is 0 Å². The lowest BCUT2D eigenvalue weighted by Gasteiger charge is -2.23. The zero-order chi connectivity index (χ0) is 22.3. The first kappa shape index (κ1) is 22.4. The number of nitrogens with one attached hydrogen (secondary N) is 1. The Bertz CT molecular complexity index is 1150. The Morgan fingerprint density at radius 3 is 2.53 bits per heavy atom. The minimum absolute atomic E-state index is 0.0249. The van der Waals surface area contributed by atoms with Crippen molar-refractivity contribution in [3.05, 3.63) is 35.7 Å². The van der Waals surface area contributed by atoms with Crippen molar-refractivity contribution < 1.29 is 26.2 Å². The Morgan fingerprint density at radius 2 is 1.93 bits per heavy atom. The molecule has 164 valence electrons. The zero-order valence-corrected chi connectivity index (χ0v) is 18.7. The summed E-state index contributed by atoms with van der Waals surface area (Å²) in [5, 5.41) is 6.34. The molecule has 12 heteroatoms. The number of hydrogen-bond donors (Lipinski definition) is 1. The van der Waals surface area contributed by atoms with Crippen LogP contribution in [0.1, 0.15) is 24.3 Å². The fraction of sp³-hybridized carbons (Fsp3) is 0.444. The summed E-state index contributed by atoms with van der Waals surface area (Å²) in [6, 6.07) is 4.91. The molecule has 1 saturated heterocycles. The average molecular weight is 457 g/mol. The maximum absolute atomic E-state index is 13.1. The normalized spacial score (nSPS) is 18.1. The van der Waals surface area contributed by atoms with E-state index in [0.29, 0.717) is 12.8 Å². The molecule has 0 aliphatic carbocycles. The number of carbonyl (C=O) groups excluding carboxylic acids is 1. The number of carbonyl (C=O) groups is 1. The van der Waals surface area contributed by atoms with Crippen molar-refractivity contribution >= 4 is 31.6 Å². The highest BCUT2D eigenvalue weighted by atomic mass is 32.2. The van der Waals surface area contributed by atoms with Crippen LogP contribution in [0.25, 0.3) is 0 Å². The predicted octanol–water partition coefficient (Wildman–Crippen LogP) is 1.33. The molecule has 0 unspecified atom stereocenters. The predicted molar refractivity (Wildman–Crippen MR) is 109 cm³/mol. The molecule has 30 heavy (non-hydrogen) atoms. The molecule has 2 aromatic rings. The van der Waals surface area contributed by atoms with Crippen LogP contribution < -0.4 is 5.32 Å². The van der Waals surface area contributed by atoms with E-state index in [-0.39, 0.29) is 33.5 Å². The molecular formula is C18H24N4O6S2. The second kappa shape index (κ2) is 8.10. The Labute approximate surface area is 175 Å². The minimum atomic E-state index is -3.97. The highest BCUT2D eigenvalue weighted by Gasteiger charge is 2.42. The van der Waals surface area contributed by atoms with Gasteiger partial charge in [-0.25, -0.2) is 21.1 Å². The monoisotopic (exact) mass is 456 g/mol. The molecule has 3 rings (SSSR count). The summed E-state index contributed by atoms with van der Waals surface area (Å²) < 4.78 is 58.1. The van der Waals surface area contributed by atoms with Gasteiger partial charge in [-0.15, -0.1) is 0 Å². The third-order valence-electron chi connectivity index (χ3n) is 4.92. The molecule has 0 radical (unpaired) electrons. The Hall–Kier alpha value is -2.28. The van der Waals surface area contributed by atoms with Crippen molar-refractivity contribution in [1.29, 1.82) is 0 Å². The lowest BCUT2D eigenvalue weighted by molar-refractivity contribution is -0.119. The third-order valence-corrected chi connectivity index (χ3v) is 8.89. The second-order valence-corrected chi connectivity index (χ2v) is 11.2. The van der Waals surface area contributed by atoms with Gasteiger partial charge in [0.15, 0.2) is 5.76 Å². The summed E-state index contributed by atoms with van der Waals surface area (Å²) in [6.07, 6.45) is 0.875. The van der Waals surface area contributed by atoms with Crippen molar-refractivity contribution in [2.75, 3.05) is 26.0 Å². The van der Waals surface area contributed by atoms with E-state index in [4.69, 9.17) is 4.52 Å². The summed E-state index contributed by atoms with van der Waals surface area (Å²) >= 11 is 0. The van der Waals surface area contributed by atoms with Crippen LogP contribution in [0.2, 0.25) is 0 Å². The van der Waals surface area contributed by atoms with Gasteiger partial charge in [0.1, 0.15) is 16.6 Å². The number of hydrogen-bond acceptors (Lipinski definition) is 7. The highest BCUT2D eigenvalue weighted by Crippen LogP contribution is 2.30. The van der Waals surface area contributed by atoms with Crippen molar-refractivity contribution in [1.82, 2.24) is 13.8 Å². The van der Waals surface area contributed by atoms with Gasteiger partial charge in [0, 0.05) is 26.3 Å². The van der Waals surface area contributed by atoms with Crippen molar-refractivity contribution in [2.45, 2.75) is 42.5 Å². The first-order valence-corrected chi connectivity index (χ1v) is 12.1. The van der Waals surface area contributed by atoms with Crippen LogP contribution >= 0.6 is 0 Å². The molecule has 10 nitrogen and oxygen atoms in total. The number of sulfonamides is 2. The van der Waals surface area contributed by atoms with E-state index in [1.165, 1.54) is 46.1 Å². The summed E-state index contributed by atoms with van der Waals surface area (Å²) in [4.78, 5) is 12.9. The number of aromatic nitrogens is 1. The molecule has 1 aliphatic heterocycles. The van der Waals surface area contributed by atoms with Gasteiger partial charge in [-0.2, -0.15) is 4.31 Å². The van der Waals surface area contributed by atoms with E-state index in [2.05, 4.69) is 10.5 Å². The SMILES string of the molecule is Cc1noc(C)c1S(=O)(=O)N1CCC[C@H]1C(=O)Nc1cccc(S(=O)(=O)N(C)C)c1. The summed E-state index contributed by atoms with van der Waals surface area (Å²) in [6.45, 7) is 3.24. The summed E-state index contributed by atoms with van der Waals surface area (Å²) in [5.74, 6) is -0.359. The molecule has 0 spiro atoms. The molecule has 2 heterocycles. The third kappa shape index (κ3) is 4.00. The van der Waals surface area contributed by atoms with E-state index in [0.717, 1.165) is 8.61 Å². The molecule has 1 aromatic heterocycles. The molecule has 1 amide bonds. The van der Waals surface area contributed by atoms with Crippen LogP contribution in [0, 0.1) is 13.8 Å². The number of anilines is 1. The highest BCUT2D eigenvalue weighted by molar-refractivity contribution is 7.89. The number of amides is 1. The molecule has 1 fully saturated rings. The fourth-order valence-corrected chi connectivity index (χ4v) is 6.32. The van der Waals surface area contributed by atoms with Crippen molar-refractivity contribution in [3.8, 4) is 0 Å². The molecule has 0 saturated carbocycles. The van der Waals surface area contributed by atoms with Crippen LogP contribution in [-0.4, -0.2) is 63.2 Å². The maximum atomic E-state index is 13.1. The second-order valence-electron chi connectivity index (χ2n) is 7.23. The van der Waals surface area contributed by atoms with Gasteiger partial charge in [0.2, 0.25) is 26.0 Å². The van der Waals surface area contributed by atoms with Gasteiger partial charge in [0.25, 0.3) is 0 Å². The van der Waals surface area contributed by atoms with Crippen LogP contribution in [0.4, 0.5) is 5.69 Å². The minimum Gasteiger partial charge on any atom is -0.360 e. The number of benzene rings is 1. The van der Waals surface area contributed by atoms with Crippen LogP contribution in [-0.2, 0) is 24.8 Å². The summed E-state index contributed by atoms with van der Waals surface area (Å²) in [7, 11) is -4.81.